The Morgan fingerprint density at radius 3 is 2.59 bits per heavy atom. The molecule has 0 spiro atoms. The summed E-state index contributed by atoms with van der Waals surface area (Å²) in [4.78, 5) is 33.8. The summed E-state index contributed by atoms with van der Waals surface area (Å²) in [5.41, 5.74) is 0. The van der Waals surface area contributed by atoms with Crippen molar-refractivity contribution in [3.8, 4) is 0 Å². The smallest absolute Gasteiger partial charge is 0.338 e. The molecule has 7 nitrogen and oxygen atoms in total. The molecule has 2 heterocycles. The van der Waals surface area contributed by atoms with E-state index in [2.05, 4.69) is 4.74 Å². The monoisotopic (exact) mass is 245 g/mol. The van der Waals surface area contributed by atoms with Crippen molar-refractivity contribution in [2.75, 3.05) is 20.8 Å². The Balaban J connectivity index is 2.20. The number of hydroxylamine groups is 2. The first-order valence-electron chi connectivity index (χ1n) is 5.43. The van der Waals surface area contributed by atoms with Crippen molar-refractivity contribution in [1.29, 1.82) is 0 Å². The maximum absolute atomic E-state index is 11.7. The number of ether oxygens (including phenoxy) is 2. The van der Waals surface area contributed by atoms with Crippen molar-refractivity contribution in [1.82, 2.24) is 5.23 Å². The Hall–Kier alpha value is -1.18. The van der Waals surface area contributed by atoms with Gasteiger partial charge in [0.05, 0.1) is 26.9 Å². The third-order valence-electron chi connectivity index (χ3n) is 3.00. The summed E-state index contributed by atoms with van der Waals surface area (Å²) in [5, 5.41) is 1.23. The van der Waals surface area contributed by atoms with Crippen LogP contribution in [0.1, 0.15) is 12.8 Å². The van der Waals surface area contributed by atoms with Crippen LogP contribution in [0.3, 0.4) is 0 Å². The standard InChI is InChI=1S/C10H15NO6/c1-14-9(12)7-6-4-3-5-16-11(6)17-8(7)10(13)15-2/h6-8H,3-5H2,1-2H3/t6-,7+,8-/m0/s1. The van der Waals surface area contributed by atoms with Crippen LogP contribution in [0.25, 0.3) is 0 Å². The van der Waals surface area contributed by atoms with E-state index in [9.17, 15) is 9.59 Å². The van der Waals surface area contributed by atoms with Gasteiger partial charge in [-0.3, -0.25) is 14.5 Å². The fourth-order valence-corrected chi connectivity index (χ4v) is 2.17. The zero-order valence-corrected chi connectivity index (χ0v) is 9.75. The Labute approximate surface area is 98.5 Å². The molecule has 0 aliphatic carbocycles. The molecule has 0 radical (unpaired) electrons. The quantitative estimate of drug-likeness (QED) is 0.616. The summed E-state index contributed by atoms with van der Waals surface area (Å²) < 4.78 is 9.31. The van der Waals surface area contributed by atoms with Crippen LogP contribution in [-0.4, -0.2) is 50.1 Å². The second kappa shape index (κ2) is 4.99. The predicted molar refractivity (Wildman–Crippen MR) is 53.2 cm³/mol. The lowest BCUT2D eigenvalue weighted by Gasteiger charge is -2.27. The topological polar surface area (TPSA) is 74.3 Å². The highest BCUT2D eigenvalue weighted by Gasteiger charge is 2.53. The minimum Gasteiger partial charge on any atom is -0.469 e. The molecule has 0 aromatic rings. The first-order valence-corrected chi connectivity index (χ1v) is 5.43. The van der Waals surface area contributed by atoms with Gasteiger partial charge in [-0.2, -0.15) is 0 Å². The van der Waals surface area contributed by atoms with E-state index in [1.165, 1.54) is 19.4 Å². The molecule has 17 heavy (non-hydrogen) atoms. The number of rotatable bonds is 2. The van der Waals surface area contributed by atoms with E-state index in [1.54, 1.807) is 0 Å². The third kappa shape index (κ3) is 2.13. The van der Waals surface area contributed by atoms with E-state index < -0.39 is 24.0 Å². The van der Waals surface area contributed by atoms with Crippen LogP contribution < -0.4 is 0 Å². The largest absolute Gasteiger partial charge is 0.469 e. The maximum Gasteiger partial charge on any atom is 0.338 e. The molecular formula is C10H15NO6. The SMILES string of the molecule is COC(=O)[C@H]1[C@@H](C(=O)OC)ON2OCCC[C@@H]12. The summed E-state index contributed by atoms with van der Waals surface area (Å²) in [5.74, 6) is -1.79. The number of methoxy groups -OCH3 is 2. The number of hydrogen-bond acceptors (Lipinski definition) is 7. The molecule has 2 aliphatic rings. The minimum atomic E-state index is -0.990. The fraction of sp³-hybridized carbons (Fsp3) is 0.800. The molecule has 2 rings (SSSR count). The summed E-state index contributed by atoms with van der Waals surface area (Å²) in [6.45, 7) is 0.512. The van der Waals surface area contributed by atoms with Crippen molar-refractivity contribution in [2.24, 2.45) is 5.92 Å². The Bertz CT molecular complexity index is 320. The van der Waals surface area contributed by atoms with Gasteiger partial charge in [-0.05, 0) is 12.8 Å². The molecule has 3 atom stereocenters. The van der Waals surface area contributed by atoms with E-state index in [4.69, 9.17) is 14.4 Å². The molecular weight excluding hydrogens is 230 g/mol. The first kappa shape index (κ1) is 12.3. The molecule has 0 bridgehead atoms. The van der Waals surface area contributed by atoms with Gasteiger partial charge >= 0.3 is 11.9 Å². The third-order valence-corrected chi connectivity index (χ3v) is 3.00. The number of hydrogen-bond donors (Lipinski definition) is 0. The molecule has 0 unspecified atom stereocenters. The van der Waals surface area contributed by atoms with E-state index in [1.807, 2.05) is 0 Å². The molecule has 2 fully saturated rings. The lowest BCUT2D eigenvalue weighted by Crippen LogP contribution is -2.41. The van der Waals surface area contributed by atoms with Gasteiger partial charge in [0.2, 0.25) is 0 Å². The average molecular weight is 245 g/mol. The highest BCUT2D eigenvalue weighted by atomic mass is 17.0. The van der Waals surface area contributed by atoms with E-state index in [-0.39, 0.29) is 6.04 Å². The van der Waals surface area contributed by atoms with Crippen molar-refractivity contribution in [3.05, 3.63) is 0 Å². The molecule has 0 amide bonds. The second-order valence-electron chi connectivity index (χ2n) is 3.93. The number of carbonyl (C=O) groups is 2. The lowest BCUT2D eigenvalue weighted by molar-refractivity contribution is -0.379. The highest BCUT2D eigenvalue weighted by Crippen LogP contribution is 2.34. The fourth-order valence-electron chi connectivity index (χ4n) is 2.17. The summed E-state index contributed by atoms with van der Waals surface area (Å²) in [6, 6.07) is -0.291. The van der Waals surface area contributed by atoms with Gasteiger partial charge in [-0.1, -0.05) is 5.23 Å². The molecule has 7 heteroatoms. The number of nitrogens with zero attached hydrogens (tertiary/aromatic N) is 1. The van der Waals surface area contributed by atoms with Crippen LogP contribution in [0.4, 0.5) is 0 Å². The van der Waals surface area contributed by atoms with Gasteiger partial charge < -0.3 is 9.47 Å². The van der Waals surface area contributed by atoms with Gasteiger partial charge in [0.1, 0.15) is 5.92 Å². The van der Waals surface area contributed by atoms with Crippen LogP contribution in [0.15, 0.2) is 0 Å². The van der Waals surface area contributed by atoms with Crippen LogP contribution in [0.5, 0.6) is 0 Å². The summed E-state index contributed by atoms with van der Waals surface area (Å²) >= 11 is 0. The van der Waals surface area contributed by atoms with Crippen molar-refractivity contribution in [2.45, 2.75) is 25.0 Å². The molecule has 0 N–H and O–H groups in total. The van der Waals surface area contributed by atoms with Crippen LogP contribution in [-0.2, 0) is 28.7 Å². The Morgan fingerprint density at radius 1 is 1.24 bits per heavy atom. The molecule has 0 saturated carbocycles. The van der Waals surface area contributed by atoms with E-state index in [0.29, 0.717) is 13.0 Å². The average Bonchev–Trinajstić information content (AvgIpc) is 2.76. The summed E-state index contributed by atoms with van der Waals surface area (Å²) in [7, 11) is 2.53. The lowest BCUT2D eigenvalue weighted by atomic mass is 9.91. The highest BCUT2D eigenvalue weighted by molar-refractivity contribution is 5.84. The molecule has 0 aromatic carbocycles. The number of carbonyl (C=O) groups excluding carboxylic acids is 2. The van der Waals surface area contributed by atoms with Crippen molar-refractivity contribution < 1.29 is 28.7 Å². The Morgan fingerprint density at radius 2 is 1.94 bits per heavy atom. The number of esters is 2. The van der Waals surface area contributed by atoms with Gasteiger partial charge in [0.15, 0.2) is 6.10 Å². The van der Waals surface area contributed by atoms with Gasteiger partial charge in [-0.25, -0.2) is 4.79 Å². The van der Waals surface area contributed by atoms with E-state index in [0.717, 1.165) is 6.42 Å². The molecule has 2 aliphatic heterocycles. The zero-order valence-electron chi connectivity index (χ0n) is 9.75. The van der Waals surface area contributed by atoms with Crippen LogP contribution >= 0.6 is 0 Å². The van der Waals surface area contributed by atoms with Crippen LogP contribution in [0.2, 0.25) is 0 Å². The predicted octanol–water partition coefficient (Wildman–Crippen LogP) is -0.342. The summed E-state index contributed by atoms with van der Waals surface area (Å²) in [6.07, 6.45) is 0.537. The second-order valence-corrected chi connectivity index (χ2v) is 3.93. The van der Waals surface area contributed by atoms with Gasteiger partial charge in [0, 0.05) is 0 Å². The van der Waals surface area contributed by atoms with Gasteiger partial charge in [0.25, 0.3) is 0 Å². The van der Waals surface area contributed by atoms with Crippen molar-refractivity contribution in [3.63, 3.8) is 0 Å². The zero-order chi connectivity index (χ0) is 12.4. The molecule has 96 valence electrons. The maximum atomic E-state index is 11.7. The normalized spacial score (nSPS) is 32.9. The van der Waals surface area contributed by atoms with Crippen molar-refractivity contribution >= 4 is 11.9 Å². The minimum absolute atomic E-state index is 0.291. The van der Waals surface area contributed by atoms with Gasteiger partial charge in [-0.15, -0.1) is 0 Å². The molecule has 0 aromatic heterocycles. The number of fused-ring (bicyclic) bond motifs is 1. The first-order chi connectivity index (χ1) is 8.19. The van der Waals surface area contributed by atoms with E-state index >= 15 is 0 Å². The van der Waals surface area contributed by atoms with Crippen LogP contribution in [0, 0.1) is 5.92 Å². The Kier molecular flexibility index (Phi) is 3.60. The molecule has 2 saturated heterocycles.